The van der Waals surface area contributed by atoms with E-state index in [-0.39, 0.29) is 5.56 Å². The lowest BCUT2D eigenvalue weighted by Gasteiger charge is -2.14. The fourth-order valence-corrected chi connectivity index (χ4v) is 3.89. The van der Waals surface area contributed by atoms with Gasteiger partial charge in [-0.3, -0.25) is 9.36 Å². The van der Waals surface area contributed by atoms with Crippen LogP contribution in [0, 0.1) is 6.92 Å². The number of nitrogens with zero attached hydrogens (tertiary/aromatic N) is 2. The molecule has 168 valence electrons. The number of hydrogen-bond acceptors (Lipinski definition) is 5. The van der Waals surface area contributed by atoms with Crippen molar-refractivity contribution in [3.8, 4) is 22.9 Å². The summed E-state index contributed by atoms with van der Waals surface area (Å²) in [5, 5.41) is 0.558. The highest BCUT2D eigenvalue weighted by molar-refractivity contribution is 9.10. The molecule has 0 atom stereocenters. The van der Waals surface area contributed by atoms with Crippen LogP contribution < -0.4 is 19.8 Å². The van der Waals surface area contributed by atoms with Gasteiger partial charge in [0.2, 0.25) is 5.75 Å². The number of fused-ring (bicyclic) bond motifs is 1. The number of benzene rings is 3. The van der Waals surface area contributed by atoms with Gasteiger partial charge in [0.15, 0.2) is 11.5 Å². The van der Waals surface area contributed by atoms with E-state index in [0.29, 0.717) is 34.0 Å². The molecule has 0 radical (unpaired) electrons. The van der Waals surface area contributed by atoms with Crippen molar-refractivity contribution in [2.24, 2.45) is 0 Å². The summed E-state index contributed by atoms with van der Waals surface area (Å²) in [4.78, 5) is 18.2. The molecule has 1 aromatic heterocycles. The number of rotatable bonds is 6. The number of aromatic nitrogens is 2. The number of methoxy groups -OCH3 is 3. The van der Waals surface area contributed by atoms with E-state index in [1.807, 2.05) is 67.6 Å². The Morgan fingerprint density at radius 3 is 2.24 bits per heavy atom. The van der Waals surface area contributed by atoms with Crippen LogP contribution >= 0.6 is 15.9 Å². The first-order valence-corrected chi connectivity index (χ1v) is 11.0. The average molecular weight is 507 g/mol. The van der Waals surface area contributed by atoms with Crippen molar-refractivity contribution >= 4 is 39.0 Å². The minimum absolute atomic E-state index is 0.133. The van der Waals surface area contributed by atoms with E-state index in [2.05, 4.69) is 15.9 Å². The first-order chi connectivity index (χ1) is 16.0. The van der Waals surface area contributed by atoms with Crippen molar-refractivity contribution in [1.82, 2.24) is 9.55 Å². The SMILES string of the molecule is COc1cc(/C=C/c2nc3ccccc3c(=O)n2-c2ccc(Br)c(C)c2)cc(OC)c1OC. The van der Waals surface area contributed by atoms with Crippen LogP contribution in [0.4, 0.5) is 0 Å². The van der Waals surface area contributed by atoms with Crippen molar-refractivity contribution in [2.45, 2.75) is 6.92 Å². The maximum absolute atomic E-state index is 13.5. The van der Waals surface area contributed by atoms with Gasteiger partial charge in [-0.15, -0.1) is 0 Å². The Kier molecular flexibility index (Phi) is 6.51. The highest BCUT2D eigenvalue weighted by Gasteiger charge is 2.14. The fraction of sp³-hybridized carbons (Fsp3) is 0.154. The first-order valence-electron chi connectivity index (χ1n) is 10.2. The minimum atomic E-state index is -0.133. The third kappa shape index (κ3) is 4.36. The zero-order valence-corrected chi connectivity index (χ0v) is 20.3. The maximum Gasteiger partial charge on any atom is 0.266 e. The van der Waals surface area contributed by atoms with Crippen molar-refractivity contribution < 1.29 is 14.2 Å². The zero-order chi connectivity index (χ0) is 23.5. The van der Waals surface area contributed by atoms with Gasteiger partial charge in [-0.2, -0.15) is 0 Å². The minimum Gasteiger partial charge on any atom is -0.493 e. The smallest absolute Gasteiger partial charge is 0.266 e. The number of para-hydroxylation sites is 1. The van der Waals surface area contributed by atoms with Crippen molar-refractivity contribution in [1.29, 1.82) is 0 Å². The molecule has 0 N–H and O–H groups in total. The fourth-order valence-electron chi connectivity index (χ4n) is 3.65. The largest absolute Gasteiger partial charge is 0.493 e. The monoisotopic (exact) mass is 506 g/mol. The Labute approximate surface area is 200 Å². The lowest BCUT2D eigenvalue weighted by molar-refractivity contribution is 0.324. The Balaban J connectivity index is 1.91. The summed E-state index contributed by atoms with van der Waals surface area (Å²) < 4.78 is 18.9. The summed E-state index contributed by atoms with van der Waals surface area (Å²) in [6.07, 6.45) is 3.68. The second-order valence-electron chi connectivity index (χ2n) is 7.35. The molecule has 6 nitrogen and oxygen atoms in total. The second-order valence-corrected chi connectivity index (χ2v) is 8.21. The standard InChI is InChI=1S/C26H23BrN2O4/c1-16-13-18(10-11-20(16)27)29-24(28-21-8-6-5-7-19(21)26(29)30)12-9-17-14-22(31-2)25(33-4)23(15-17)32-3/h5-15H,1-4H3/b12-9+. The van der Waals surface area contributed by atoms with Crippen LogP contribution in [-0.4, -0.2) is 30.9 Å². The van der Waals surface area contributed by atoms with Gasteiger partial charge in [-0.05, 0) is 66.6 Å². The van der Waals surface area contributed by atoms with Crippen LogP contribution in [-0.2, 0) is 0 Å². The Morgan fingerprint density at radius 2 is 1.61 bits per heavy atom. The molecule has 3 aromatic carbocycles. The molecule has 4 rings (SSSR count). The summed E-state index contributed by atoms with van der Waals surface area (Å²) in [5.41, 5.74) is 3.07. The number of hydrogen-bond donors (Lipinski definition) is 0. The van der Waals surface area contributed by atoms with Gasteiger partial charge < -0.3 is 14.2 Å². The quantitative estimate of drug-likeness (QED) is 0.338. The zero-order valence-electron chi connectivity index (χ0n) is 18.8. The molecular weight excluding hydrogens is 484 g/mol. The Bertz CT molecular complexity index is 1400. The van der Waals surface area contributed by atoms with Crippen LogP contribution in [0.5, 0.6) is 17.2 Å². The lowest BCUT2D eigenvalue weighted by atomic mass is 10.1. The number of aryl methyl sites for hydroxylation is 1. The van der Waals surface area contributed by atoms with Crippen LogP contribution in [0.3, 0.4) is 0 Å². The van der Waals surface area contributed by atoms with Gasteiger partial charge in [0.1, 0.15) is 5.82 Å². The molecule has 7 heteroatoms. The maximum atomic E-state index is 13.5. The van der Waals surface area contributed by atoms with E-state index in [0.717, 1.165) is 21.3 Å². The molecule has 0 aliphatic carbocycles. The number of halogens is 1. The summed E-state index contributed by atoms with van der Waals surface area (Å²) in [7, 11) is 4.71. The summed E-state index contributed by atoms with van der Waals surface area (Å²) in [5.74, 6) is 2.12. The van der Waals surface area contributed by atoms with Crippen LogP contribution in [0.2, 0.25) is 0 Å². The van der Waals surface area contributed by atoms with Gasteiger partial charge in [-0.1, -0.05) is 34.1 Å². The topological polar surface area (TPSA) is 62.6 Å². The van der Waals surface area contributed by atoms with Crippen molar-refractivity contribution in [3.05, 3.63) is 86.4 Å². The van der Waals surface area contributed by atoms with Gasteiger partial charge in [0.25, 0.3) is 5.56 Å². The third-order valence-electron chi connectivity index (χ3n) is 5.31. The van der Waals surface area contributed by atoms with Gasteiger partial charge >= 0.3 is 0 Å². The molecule has 0 amide bonds. The normalized spacial score (nSPS) is 11.2. The highest BCUT2D eigenvalue weighted by atomic mass is 79.9. The summed E-state index contributed by atoms with van der Waals surface area (Å²) >= 11 is 3.53. The average Bonchev–Trinajstić information content (AvgIpc) is 2.84. The van der Waals surface area contributed by atoms with Crippen molar-refractivity contribution in [3.63, 3.8) is 0 Å². The Hall–Kier alpha value is -3.58. The first kappa shape index (κ1) is 22.6. The highest BCUT2D eigenvalue weighted by Crippen LogP contribution is 2.38. The van der Waals surface area contributed by atoms with Crippen LogP contribution in [0.15, 0.2) is 63.9 Å². The molecule has 0 bridgehead atoms. The van der Waals surface area contributed by atoms with Crippen LogP contribution in [0.25, 0.3) is 28.7 Å². The molecule has 0 aliphatic heterocycles. The molecule has 0 spiro atoms. The molecular formula is C26H23BrN2O4. The summed E-state index contributed by atoms with van der Waals surface area (Å²) in [6.45, 7) is 1.98. The predicted octanol–water partition coefficient (Wildman–Crippen LogP) is 5.65. The van der Waals surface area contributed by atoms with E-state index in [1.165, 1.54) is 0 Å². The molecule has 4 aromatic rings. The molecule has 0 fully saturated rings. The second kappa shape index (κ2) is 9.50. The van der Waals surface area contributed by atoms with Gasteiger partial charge in [0.05, 0.1) is 37.9 Å². The lowest BCUT2D eigenvalue weighted by Crippen LogP contribution is -2.22. The van der Waals surface area contributed by atoms with Gasteiger partial charge in [-0.25, -0.2) is 4.98 Å². The molecule has 0 saturated carbocycles. The van der Waals surface area contributed by atoms with E-state index in [9.17, 15) is 4.79 Å². The van der Waals surface area contributed by atoms with E-state index < -0.39 is 0 Å². The Morgan fingerprint density at radius 1 is 0.909 bits per heavy atom. The van der Waals surface area contributed by atoms with E-state index in [4.69, 9.17) is 19.2 Å². The molecule has 1 heterocycles. The molecule has 0 unspecified atom stereocenters. The van der Waals surface area contributed by atoms with Crippen LogP contribution in [0.1, 0.15) is 17.0 Å². The van der Waals surface area contributed by atoms with E-state index >= 15 is 0 Å². The third-order valence-corrected chi connectivity index (χ3v) is 6.20. The predicted molar refractivity (Wildman–Crippen MR) is 135 cm³/mol. The van der Waals surface area contributed by atoms with Crippen molar-refractivity contribution in [2.75, 3.05) is 21.3 Å². The van der Waals surface area contributed by atoms with E-state index in [1.54, 1.807) is 32.0 Å². The number of ether oxygens (including phenoxy) is 3. The molecule has 0 aliphatic rings. The summed E-state index contributed by atoms with van der Waals surface area (Å²) in [6, 6.07) is 16.8. The molecule has 0 saturated heterocycles. The van der Waals surface area contributed by atoms with Gasteiger partial charge in [0, 0.05) is 4.47 Å². The molecule has 33 heavy (non-hydrogen) atoms.